The number of aliphatic imine (C=N–C) groups is 1. The minimum Gasteiger partial charge on any atom is -0.383 e. The first-order valence-corrected chi connectivity index (χ1v) is 3.73. The summed E-state index contributed by atoms with van der Waals surface area (Å²) in [5.41, 5.74) is 7.63. The fourth-order valence-corrected chi connectivity index (χ4v) is 1.03. The van der Waals surface area contributed by atoms with E-state index in [0.29, 0.717) is 5.84 Å². The predicted molar refractivity (Wildman–Crippen MR) is 53.2 cm³/mol. The number of amidine groups is 1. The number of nitrogens with two attached hydrogens (primary N) is 1. The van der Waals surface area contributed by atoms with Crippen LogP contribution >= 0.6 is 0 Å². The molecule has 0 saturated carbocycles. The van der Waals surface area contributed by atoms with E-state index in [4.69, 9.17) is 5.73 Å². The van der Waals surface area contributed by atoms with Gasteiger partial charge in [-0.1, -0.05) is 36.9 Å². The third-order valence-electron chi connectivity index (χ3n) is 1.70. The van der Waals surface area contributed by atoms with Crippen LogP contribution in [0.4, 0.5) is 0 Å². The summed E-state index contributed by atoms with van der Waals surface area (Å²) in [5.74, 6) is 0.547. The summed E-state index contributed by atoms with van der Waals surface area (Å²) in [4.78, 5) is 3.91. The van der Waals surface area contributed by atoms with Crippen LogP contribution in [0, 0.1) is 0 Å². The number of nitrogens with zero attached hydrogens (tertiary/aromatic N) is 1. The van der Waals surface area contributed by atoms with Gasteiger partial charge in [0.05, 0.1) is 0 Å². The third-order valence-corrected chi connectivity index (χ3v) is 1.70. The van der Waals surface area contributed by atoms with Gasteiger partial charge in [0.2, 0.25) is 0 Å². The molecule has 1 rings (SSSR count). The molecular formula is C10H12N2. The SMILES string of the molecule is C=Cc1ccccc1C(N)=NC. The largest absolute Gasteiger partial charge is 0.383 e. The second-order valence-corrected chi connectivity index (χ2v) is 2.40. The van der Waals surface area contributed by atoms with E-state index in [9.17, 15) is 0 Å². The fraction of sp³-hybridized carbons (Fsp3) is 0.100. The van der Waals surface area contributed by atoms with Gasteiger partial charge in [-0.05, 0) is 5.56 Å². The van der Waals surface area contributed by atoms with Gasteiger partial charge >= 0.3 is 0 Å². The summed E-state index contributed by atoms with van der Waals surface area (Å²) in [5, 5.41) is 0. The van der Waals surface area contributed by atoms with Crippen LogP contribution in [0.1, 0.15) is 11.1 Å². The van der Waals surface area contributed by atoms with Gasteiger partial charge < -0.3 is 5.73 Å². The lowest BCUT2D eigenvalue weighted by molar-refractivity contribution is 1.38. The normalized spacial score (nSPS) is 11.2. The van der Waals surface area contributed by atoms with Crippen molar-refractivity contribution in [2.75, 3.05) is 7.05 Å². The van der Waals surface area contributed by atoms with Gasteiger partial charge in [-0.2, -0.15) is 0 Å². The molecule has 1 aromatic carbocycles. The standard InChI is InChI=1S/C10H12N2/c1-3-8-6-4-5-7-9(8)10(11)12-2/h3-7H,1H2,2H3,(H2,11,12). The molecule has 0 fully saturated rings. The quantitative estimate of drug-likeness (QED) is 0.518. The zero-order valence-electron chi connectivity index (χ0n) is 7.12. The highest BCUT2D eigenvalue weighted by molar-refractivity contribution is 6.00. The third kappa shape index (κ3) is 1.53. The maximum atomic E-state index is 5.67. The topological polar surface area (TPSA) is 38.4 Å². The highest BCUT2D eigenvalue weighted by Gasteiger charge is 2.00. The van der Waals surface area contributed by atoms with Crippen molar-refractivity contribution in [2.24, 2.45) is 10.7 Å². The summed E-state index contributed by atoms with van der Waals surface area (Å²) in [6.45, 7) is 3.70. The highest BCUT2D eigenvalue weighted by Crippen LogP contribution is 2.08. The Balaban J connectivity index is 3.22. The van der Waals surface area contributed by atoms with E-state index >= 15 is 0 Å². The molecule has 0 aliphatic carbocycles. The average Bonchev–Trinajstić information content (AvgIpc) is 2.16. The second kappa shape index (κ2) is 3.72. The van der Waals surface area contributed by atoms with E-state index < -0.39 is 0 Å². The van der Waals surface area contributed by atoms with E-state index in [1.807, 2.05) is 24.3 Å². The summed E-state index contributed by atoms with van der Waals surface area (Å²) in [7, 11) is 1.68. The van der Waals surface area contributed by atoms with Crippen molar-refractivity contribution in [3.8, 4) is 0 Å². The van der Waals surface area contributed by atoms with Gasteiger partial charge in [-0.3, -0.25) is 4.99 Å². The lowest BCUT2D eigenvalue weighted by Crippen LogP contribution is -2.14. The molecule has 1 aromatic rings. The summed E-state index contributed by atoms with van der Waals surface area (Å²) in [6.07, 6.45) is 1.77. The zero-order chi connectivity index (χ0) is 8.97. The lowest BCUT2D eigenvalue weighted by Gasteiger charge is -2.03. The van der Waals surface area contributed by atoms with Crippen molar-refractivity contribution in [3.63, 3.8) is 0 Å². The maximum Gasteiger partial charge on any atom is 0.125 e. The van der Waals surface area contributed by atoms with Gasteiger partial charge in [-0.15, -0.1) is 0 Å². The molecule has 0 heterocycles. The Morgan fingerprint density at radius 2 is 2.17 bits per heavy atom. The molecule has 0 aliphatic rings. The van der Waals surface area contributed by atoms with Crippen molar-refractivity contribution in [1.29, 1.82) is 0 Å². The van der Waals surface area contributed by atoms with Gasteiger partial charge in [0, 0.05) is 12.6 Å². The second-order valence-electron chi connectivity index (χ2n) is 2.40. The molecule has 2 N–H and O–H groups in total. The molecule has 0 atom stereocenters. The van der Waals surface area contributed by atoms with Crippen LogP contribution in [0.5, 0.6) is 0 Å². The van der Waals surface area contributed by atoms with E-state index in [0.717, 1.165) is 11.1 Å². The fourth-order valence-electron chi connectivity index (χ4n) is 1.03. The first-order chi connectivity index (χ1) is 5.79. The number of benzene rings is 1. The molecular weight excluding hydrogens is 148 g/mol. The first-order valence-electron chi connectivity index (χ1n) is 3.73. The molecule has 0 amide bonds. The van der Waals surface area contributed by atoms with E-state index in [-0.39, 0.29) is 0 Å². The van der Waals surface area contributed by atoms with Crippen LogP contribution in [0.15, 0.2) is 35.8 Å². The van der Waals surface area contributed by atoms with Crippen molar-refractivity contribution in [2.45, 2.75) is 0 Å². The molecule has 0 aromatic heterocycles. The molecule has 0 bridgehead atoms. The van der Waals surface area contributed by atoms with Crippen molar-refractivity contribution >= 4 is 11.9 Å². The van der Waals surface area contributed by atoms with Crippen LogP contribution in [-0.4, -0.2) is 12.9 Å². The summed E-state index contributed by atoms with van der Waals surface area (Å²) in [6, 6.07) is 7.77. The molecule has 0 unspecified atom stereocenters. The Labute approximate surface area is 72.4 Å². The average molecular weight is 160 g/mol. The van der Waals surface area contributed by atoms with E-state index in [1.165, 1.54) is 0 Å². The predicted octanol–water partition coefficient (Wildman–Crippen LogP) is 1.66. The molecule has 12 heavy (non-hydrogen) atoms. The van der Waals surface area contributed by atoms with E-state index in [1.54, 1.807) is 13.1 Å². The van der Waals surface area contributed by atoms with Crippen LogP contribution in [0.2, 0.25) is 0 Å². The zero-order valence-corrected chi connectivity index (χ0v) is 7.12. The van der Waals surface area contributed by atoms with Crippen LogP contribution < -0.4 is 5.73 Å². The maximum absolute atomic E-state index is 5.67. The van der Waals surface area contributed by atoms with Gasteiger partial charge in [0.25, 0.3) is 0 Å². The Morgan fingerprint density at radius 1 is 1.50 bits per heavy atom. The Bertz CT molecular complexity index is 313. The molecule has 0 aliphatic heterocycles. The van der Waals surface area contributed by atoms with Crippen LogP contribution in [0.25, 0.3) is 6.08 Å². The minimum absolute atomic E-state index is 0.547. The summed E-state index contributed by atoms with van der Waals surface area (Å²) >= 11 is 0. The number of hydrogen-bond acceptors (Lipinski definition) is 1. The molecule has 2 heteroatoms. The Hall–Kier alpha value is -1.57. The Morgan fingerprint density at radius 3 is 2.75 bits per heavy atom. The smallest absolute Gasteiger partial charge is 0.125 e. The minimum atomic E-state index is 0.547. The molecule has 2 nitrogen and oxygen atoms in total. The Kier molecular flexibility index (Phi) is 2.64. The van der Waals surface area contributed by atoms with Gasteiger partial charge in [0.1, 0.15) is 5.84 Å². The molecule has 62 valence electrons. The number of hydrogen-bond donors (Lipinski definition) is 1. The van der Waals surface area contributed by atoms with Crippen molar-refractivity contribution in [3.05, 3.63) is 42.0 Å². The summed E-state index contributed by atoms with van der Waals surface area (Å²) < 4.78 is 0. The molecule has 0 radical (unpaired) electrons. The lowest BCUT2D eigenvalue weighted by atomic mass is 10.1. The van der Waals surface area contributed by atoms with Gasteiger partial charge in [-0.25, -0.2) is 0 Å². The van der Waals surface area contributed by atoms with Crippen molar-refractivity contribution < 1.29 is 0 Å². The van der Waals surface area contributed by atoms with Gasteiger partial charge in [0.15, 0.2) is 0 Å². The van der Waals surface area contributed by atoms with Crippen molar-refractivity contribution in [1.82, 2.24) is 0 Å². The monoisotopic (exact) mass is 160 g/mol. The highest BCUT2D eigenvalue weighted by atomic mass is 14.8. The molecule has 0 spiro atoms. The van der Waals surface area contributed by atoms with Crippen LogP contribution in [-0.2, 0) is 0 Å². The number of rotatable bonds is 2. The van der Waals surface area contributed by atoms with E-state index in [2.05, 4.69) is 11.6 Å². The first kappa shape index (κ1) is 8.53. The van der Waals surface area contributed by atoms with Crippen LogP contribution in [0.3, 0.4) is 0 Å². The molecule has 0 saturated heterocycles.